The Morgan fingerprint density at radius 3 is 2.68 bits per heavy atom. The number of rotatable bonds is 3. The van der Waals surface area contributed by atoms with Crippen LogP contribution in [0.1, 0.15) is 18.4 Å². The van der Waals surface area contributed by atoms with Crippen LogP contribution in [-0.2, 0) is 4.79 Å². The molecule has 2 N–H and O–H groups in total. The van der Waals surface area contributed by atoms with Crippen LogP contribution in [0.15, 0.2) is 86.4 Å². The summed E-state index contributed by atoms with van der Waals surface area (Å²) in [5.41, 5.74) is 3.71. The van der Waals surface area contributed by atoms with E-state index in [-0.39, 0.29) is 5.91 Å². The van der Waals surface area contributed by atoms with Gasteiger partial charge in [-0.1, -0.05) is 63.9 Å². The van der Waals surface area contributed by atoms with Crippen molar-refractivity contribution in [3.63, 3.8) is 0 Å². The zero-order valence-corrected chi connectivity index (χ0v) is 19.1. The van der Waals surface area contributed by atoms with Crippen LogP contribution in [0.25, 0.3) is 0 Å². The number of allylic oxidation sites excluding steroid dienone is 4. The van der Waals surface area contributed by atoms with E-state index >= 15 is 0 Å². The number of halogens is 2. The molecule has 2 aliphatic rings. The number of nitrogens with one attached hydrogen (secondary N) is 2. The smallest absolute Gasteiger partial charge is 0.315 e. The molecule has 1 heterocycles. The normalized spacial score (nSPS) is 18.6. The minimum atomic E-state index is -1.08. The van der Waals surface area contributed by atoms with Gasteiger partial charge in [0, 0.05) is 39.1 Å². The van der Waals surface area contributed by atoms with Crippen LogP contribution >= 0.6 is 27.5 Å². The molecule has 158 valence electrons. The summed E-state index contributed by atoms with van der Waals surface area (Å²) in [6.45, 7) is 0. The molecule has 8 heteroatoms. The van der Waals surface area contributed by atoms with Gasteiger partial charge < -0.3 is 15.5 Å². The topological polar surface area (TPSA) is 73.8 Å². The molecule has 0 saturated carbocycles. The summed E-state index contributed by atoms with van der Waals surface area (Å²) in [5, 5.41) is 6.16. The molecule has 6 nitrogen and oxygen atoms in total. The number of hydrogen-bond acceptors (Lipinski definition) is 3. The van der Waals surface area contributed by atoms with Crippen molar-refractivity contribution >= 4 is 50.9 Å². The predicted molar refractivity (Wildman–Crippen MR) is 126 cm³/mol. The highest BCUT2D eigenvalue weighted by Gasteiger charge is 2.33. The maximum atomic E-state index is 13.2. The lowest BCUT2D eigenvalue weighted by Gasteiger charge is -2.25. The lowest BCUT2D eigenvalue weighted by Crippen LogP contribution is -2.47. The maximum Gasteiger partial charge on any atom is 0.321 e. The molecule has 1 unspecified atom stereocenters. The molecule has 0 fully saturated rings. The quantitative estimate of drug-likeness (QED) is 0.622. The van der Waals surface area contributed by atoms with Crippen LogP contribution in [-0.4, -0.2) is 35.8 Å². The number of aliphatic imine (C=N–C) groups is 1. The second-order valence-corrected chi connectivity index (χ2v) is 8.61. The SMILES string of the molecule is CN1C(=O)C(NC(=O)Nc2cccc(Br)c2)N=C(c2ccccc2)C2=C1CCC(Cl)=C2. The van der Waals surface area contributed by atoms with Crippen LogP contribution in [0, 0.1) is 0 Å². The number of nitrogens with zero attached hydrogens (tertiary/aromatic N) is 2. The van der Waals surface area contributed by atoms with Crippen molar-refractivity contribution in [2.45, 2.75) is 19.0 Å². The first kappa shape index (κ1) is 21.3. The Morgan fingerprint density at radius 2 is 1.94 bits per heavy atom. The van der Waals surface area contributed by atoms with E-state index < -0.39 is 12.2 Å². The summed E-state index contributed by atoms with van der Waals surface area (Å²) in [4.78, 5) is 32.1. The van der Waals surface area contributed by atoms with Gasteiger partial charge in [-0.2, -0.15) is 0 Å². The molecule has 0 aromatic heterocycles. The van der Waals surface area contributed by atoms with Crippen molar-refractivity contribution in [3.05, 3.63) is 87.0 Å². The highest BCUT2D eigenvalue weighted by atomic mass is 79.9. The minimum Gasteiger partial charge on any atom is -0.315 e. The van der Waals surface area contributed by atoms with Crippen molar-refractivity contribution in [3.8, 4) is 0 Å². The van der Waals surface area contributed by atoms with Gasteiger partial charge in [-0.3, -0.25) is 4.79 Å². The molecule has 1 atom stereocenters. The van der Waals surface area contributed by atoms with E-state index in [1.807, 2.05) is 48.5 Å². The van der Waals surface area contributed by atoms with Gasteiger partial charge in [-0.15, -0.1) is 0 Å². The van der Waals surface area contributed by atoms with E-state index in [4.69, 9.17) is 11.6 Å². The van der Waals surface area contributed by atoms with Gasteiger partial charge in [0.15, 0.2) is 0 Å². The van der Waals surface area contributed by atoms with E-state index in [1.54, 1.807) is 24.1 Å². The van der Waals surface area contributed by atoms with Crippen molar-refractivity contribution in [2.75, 3.05) is 12.4 Å². The second-order valence-electron chi connectivity index (χ2n) is 7.20. The van der Waals surface area contributed by atoms with Gasteiger partial charge >= 0.3 is 6.03 Å². The number of anilines is 1. The van der Waals surface area contributed by atoms with Gasteiger partial charge in [0.1, 0.15) is 0 Å². The van der Waals surface area contributed by atoms with E-state index in [0.29, 0.717) is 29.3 Å². The summed E-state index contributed by atoms with van der Waals surface area (Å²) < 4.78 is 0.834. The number of likely N-dealkylation sites (N-methyl/N-ethyl adjacent to an activating group) is 1. The molecule has 3 amide bonds. The Balaban J connectivity index is 1.69. The Hall–Kier alpha value is -2.90. The van der Waals surface area contributed by atoms with Crippen molar-refractivity contribution in [1.29, 1.82) is 0 Å². The summed E-state index contributed by atoms with van der Waals surface area (Å²) in [6.07, 6.45) is 2.06. The molecular formula is C23H20BrClN4O2. The Labute approximate surface area is 193 Å². The van der Waals surface area contributed by atoms with Gasteiger partial charge in [-0.05, 0) is 37.1 Å². The number of carbonyl (C=O) groups excluding carboxylic acids is 2. The first-order valence-electron chi connectivity index (χ1n) is 9.76. The lowest BCUT2D eigenvalue weighted by molar-refractivity contribution is -0.129. The molecule has 31 heavy (non-hydrogen) atoms. The molecule has 0 bridgehead atoms. The second kappa shape index (κ2) is 9.08. The van der Waals surface area contributed by atoms with Crippen LogP contribution in [0.2, 0.25) is 0 Å². The fourth-order valence-corrected chi connectivity index (χ4v) is 4.19. The van der Waals surface area contributed by atoms with E-state index in [1.165, 1.54) is 0 Å². The molecule has 0 saturated heterocycles. The number of urea groups is 1. The molecule has 2 aromatic rings. The molecule has 1 aliphatic heterocycles. The van der Waals surface area contributed by atoms with Crippen LogP contribution < -0.4 is 10.6 Å². The fourth-order valence-electron chi connectivity index (χ4n) is 3.59. The third-order valence-corrected chi connectivity index (χ3v) is 5.88. The third kappa shape index (κ3) is 4.73. The standard InChI is InChI=1S/C23H20BrClN4O2/c1-29-19-11-10-16(25)13-18(19)20(14-6-3-2-4-7-14)27-21(22(29)30)28-23(31)26-17-9-5-8-15(24)12-17/h2-9,12-13,21H,10-11H2,1H3,(H2,26,28,31). The Morgan fingerprint density at radius 1 is 1.16 bits per heavy atom. The number of amides is 3. The minimum absolute atomic E-state index is 0.311. The third-order valence-electron chi connectivity index (χ3n) is 5.09. The zero-order chi connectivity index (χ0) is 22.0. The van der Waals surface area contributed by atoms with Gasteiger partial charge in [-0.25, -0.2) is 9.79 Å². The summed E-state index contributed by atoms with van der Waals surface area (Å²) >= 11 is 9.71. The predicted octanol–water partition coefficient (Wildman–Crippen LogP) is 5.03. The van der Waals surface area contributed by atoms with Crippen molar-refractivity contribution < 1.29 is 9.59 Å². The van der Waals surface area contributed by atoms with Crippen molar-refractivity contribution in [1.82, 2.24) is 10.2 Å². The lowest BCUT2D eigenvalue weighted by atomic mass is 9.94. The monoisotopic (exact) mass is 498 g/mol. The number of carbonyl (C=O) groups is 2. The van der Waals surface area contributed by atoms with Gasteiger partial charge in [0.25, 0.3) is 5.91 Å². The maximum absolute atomic E-state index is 13.2. The average Bonchev–Trinajstić information content (AvgIpc) is 2.85. The number of benzene rings is 2. The first-order valence-corrected chi connectivity index (χ1v) is 10.9. The van der Waals surface area contributed by atoms with E-state index in [2.05, 4.69) is 31.6 Å². The summed E-state index contributed by atoms with van der Waals surface area (Å²) in [5.74, 6) is -0.311. The van der Waals surface area contributed by atoms with Crippen LogP contribution in [0.5, 0.6) is 0 Å². The first-order chi connectivity index (χ1) is 14.9. The highest BCUT2D eigenvalue weighted by Crippen LogP contribution is 2.32. The van der Waals surface area contributed by atoms with E-state index in [0.717, 1.165) is 21.3 Å². The molecule has 0 radical (unpaired) electrons. The fraction of sp³-hybridized carbons (Fsp3) is 0.174. The molecule has 4 rings (SSSR count). The average molecular weight is 500 g/mol. The molecule has 2 aromatic carbocycles. The molecule has 1 aliphatic carbocycles. The summed E-state index contributed by atoms with van der Waals surface area (Å²) in [6, 6.07) is 16.3. The van der Waals surface area contributed by atoms with Crippen molar-refractivity contribution in [2.24, 2.45) is 4.99 Å². The molecule has 0 spiro atoms. The molecular weight excluding hydrogens is 480 g/mol. The largest absolute Gasteiger partial charge is 0.321 e. The van der Waals surface area contributed by atoms with Gasteiger partial charge in [0.05, 0.1) is 5.71 Å². The Kier molecular flexibility index (Phi) is 6.25. The highest BCUT2D eigenvalue weighted by molar-refractivity contribution is 9.10. The van der Waals surface area contributed by atoms with Crippen LogP contribution in [0.4, 0.5) is 10.5 Å². The van der Waals surface area contributed by atoms with Gasteiger partial charge in [0.2, 0.25) is 6.17 Å². The van der Waals surface area contributed by atoms with E-state index in [9.17, 15) is 9.59 Å². The zero-order valence-electron chi connectivity index (χ0n) is 16.7. The summed E-state index contributed by atoms with van der Waals surface area (Å²) in [7, 11) is 1.70. The Bertz CT molecular complexity index is 1130. The number of hydrogen-bond donors (Lipinski definition) is 2. The van der Waals surface area contributed by atoms with Crippen LogP contribution in [0.3, 0.4) is 0 Å².